The zero-order chi connectivity index (χ0) is 13.8. The molecule has 1 aromatic carbocycles. The summed E-state index contributed by atoms with van der Waals surface area (Å²) in [7, 11) is 1.78. The predicted octanol–water partition coefficient (Wildman–Crippen LogP) is 2.14. The minimum Gasteiger partial charge on any atom is -0.376 e. The van der Waals surface area contributed by atoms with Crippen molar-refractivity contribution < 1.29 is 14.3 Å². The highest BCUT2D eigenvalue weighted by molar-refractivity contribution is 5.97. The van der Waals surface area contributed by atoms with Gasteiger partial charge < -0.3 is 9.64 Å². The second kappa shape index (κ2) is 5.97. The summed E-state index contributed by atoms with van der Waals surface area (Å²) in [6.45, 7) is 2.92. The predicted molar refractivity (Wildman–Crippen MR) is 72.4 cm³/mol. The SMILES string of the molecule is CC(=O)c1ccc(C(=O)N(C)C[C@@H]2CCCO2)cc1. The second-order valence-electron chi connectivity index (χ2n) is 4.95. The summed E-state index contributed by atoms with van der Waals surface area (Å²) in [5.41, 5.74) is 1.23. The van der Waals surface area contributed by atoms with Gasteiger partial charge in [0, 0.05) is 31.3 Å². The van der Waals surface area contributed by atoms with Gasteiger partial charge in [-0.3, -0.25) is 9.59 Å². The van der Waals surface area contributed by atoms with E-state index in [1.807, 2.05) is 0 Å². The number of ether oxygens (including phenoxy) is 1. The van der Waals surface area contributed by atoms with E-state index in [0.29, 0.717) is 17.7 Å². The summed E-state index contributed by atoms with van der Waals surface area (Å²) >= 11 is 0. The van der Waals surface area contributed by atoms with Crippen LogP contribution >= 0.6 is 0 Å². The molecule has 0 spiro atoms. The highest BCUT2D eigenvalue weighted by Crippen LogP contribution is 2.14. The number of nitrogens with zero attached hydrogens (tertiary/aromatic N) is 1. The lowest BCUT2D eigenvalue weighted by Crippen LogP contribution is -2.34. The van der Waals surface area contributed by atoms with Gasteiger partial charge >= 0.3 is 0 Å². The smallest absolute Gasteiger partial charge is 0.253 e. The van der Waals surface area contributed by atoms with Gasteiger partial charge in [0.2, 0.25) is 0 Å². The van der Waals surface area contributed by atoms with E-state index in [-0.39, 0.29) is 17.8 Å². The van der Waals surface area contributed by atoms with Crippen molar-refractivity contribution in [2.75, 3.05) is 20.2 Å². The standard InChI is InChI=1S/C15H19NO3/c1-11(17)12-5-7-13(8-6-12)15(18)16(2)10-14-4-3-9-19-14/h5-8,14H,3-4,9-10H2,1-2H3/t14-/m0/s1. The third kappa shape index (κ3) is 3.41. The Bertz CT molecular complexity index is 461. The molecule has 19 heavy (non-hydrogen) atoms. The van der Waals surface area contributed by atoms with Gasteiger partial charge in [-0.2, -0.15) is 0 Å². The van der Waals surface area contributed by atoms with Crippen LogP contribution in [0.25, 0.3) is 0 Å². The maximum atomic E-state index is 12.2. The van der Waals surface area contributed by atoms with Crippen molar-refractivity contribution in [2.24, 2.45) is 0 Å². The van der Waals surface area contributed by atoms with Crippen LogP contribution in [-0.2, 0) is 4.74 Å². The Hall–Kier alpha value is -1.68. The van der Waals surface area contributed by atoms with Gasteiger partial charge in [-0.15, -0.1) is 0 Å². The summed E-state index contributed by atoms with van der Waals surface area (Å²) in [4.78, 5) is 25.1. The highest BCUT2D eigenvalue weighted by Gasteiger charge is 2.20. The van der Waals surface area contributed by atoms with Gasteiger partial charge in [-0.25, -0.2) is 0 Å². The van der Waals surface area contributed by atoms with Crippen LogP contribution in [0.4, 0.5) is 0 Å². The first kappa shape index (κ1) is 13.7. The molecule has 1 saturated heterocycles. The van der Waals surface area contributed by atoms with Crippen LogP contribution in [0, 0.1) is 0 Å². The Morgan fingerprint density at radius 2 is 1.89 bits per heavy atom. The second-order valence-corrected chi connectivity index (χ2v) is 4.95. The third-order valence-corrected chi connectivity index (χ3v) is 3.39. The molecule has 1 aliphatic heterocycles. The maximum absolute atomic E-state index is 12.2. The molecular weight excluding hydrogens is 242 g/mol. The number of Topliss-reactive ketones (excluding diaryl/α,β-unsaturated/α-hetero) is 1. The Kier molecular flexibility index (Phi) is 4.32. The van der Waals surface area contributed by atoms with E-state index < -0.39 is 0 Å². The summed E-state index contributed by atoms with van der Waals surface area (Å²) in [5.74, 6) is -0.0303. The third-order valence-electron chi connectivity index (χ3n) is 3.39. The van der Waals surface area contributed by atoms with Crippen LogP contribution in [0.5, 0.6) is 0 Å². The number of hydrogen-bond donors (Lipinski definition) is 0. The zero-order valence-corrected chi connectivity index (χ0v) is 11.4. The molecule has 0 saturated carbocycles. The normalized spacial score (nSPS) is 18.3. The van der Waals surface area contributed by atoms with Gasteiger partial charge in [0.05, 0.1) is 6.10 Å². The van der Waals surface area contributed by atoms with Gasteiger partial charge in [-0.1, -0.05) is 12.1 Å². The molecule has 1 atom stereocenters. The molecule has 0 radical (unpaired) electrons. The van der Waals surface area contributed by atoms with Crippen molar-refractivity contribution in [3.8, 4) is 0 Å². The number of hydrogen-bond acceptors (Lipinski definition) is 3. The molecule has 0 bridgehead atoms. The van der Waals surface area contributed by atoms with Gasteiger partial charge in [0.25, 0.3) is 5.91 Å². The minimum absolute atomic E-state index is 0.00621. The number of carbonyl (C=O) groups is 2. The fourth-order valence-corrected chi connectivity index (χ4v) is 2.24. The van der Waals surface area contributed by atoms with Crippen LogP contribution in [0.2, 0.25) is 0 Å². The molecule has 4 heteroatoms. The molecule has 0 unspecified atom stereocenters. The van der Waals surface area contributed by atoms with Crippen LogP contribution in [0.15, 0.2) is 24.3 Å². The van der Waals surface area contributed by atoms with Gasteiger partial charge in [-0.05, 0) is 31.9 Å². The van der Waals surface area contributed by atoms with Crippen molar-refractivity contribution in [2.45, 2.75) is 25.9 Å². The molecule has 4 nitrogen and oxygen atoms in total. The van der Waals surface area contributed by atoms with E-state index in [2.05, 4.69) is 0 Å². The first-order valence-electron chi connectivity index (χ1n) is 6.56. The number of amides is 1. The van der Waals surface area contributed by atoms with Crippen molar-refractivity contribution in [1.29, 1.82) is 0 Å². The van der Waals surface area contributed by atoms with Crippen molar-refractivity contribution in [1.82, 2.24) is 4.90 Å². The topological polar surface area (TPSA) is 46.6 Å². The number of benzene rings is 1. The Balaban J connectivity index is 1.99. The molecule has 1 aromatic rings. The van der Waals surface area contributed by atoms with Crippen molar-refractivity contribution in [3.05, 3.63) is 35.4 Å². The van der Waals surface area contributed by atoms with E-state index >= 15 is 0 Å². The average molecular weight is 261 g/mol. The zero-order valence-electron chi connectivity index (χ0n) is 11.4. The number of likely N-dealkylation sites (N-methyl/N-ethyl adjacent to an activating group) is 1. The number of rotatable bonds is 4. The summed E-state index contributed by atoms with van der Waals surface area (Å²) in [6.07, 6.45) is 2.24. The first-order chi connectivity index (χ1) is 9.08. The number of carbonyl (C=O) groups excluding carboxylic acids is 2. The highest BCUT2D eigenvalue weighted by atomic mass is 16.5. The first-order valence-corrected chi connectivity index (χ1v) is 6.56. The fourth-order valence-electron chi connectivity index (χ4n) is 2.24. The lowest BCUT2D eigenvalue weighted by molar-refractivity contribution is 0.0587. The van der Waals surface area contributed by atoms with Crippen molar-refractivity contribution in [3.63, 3.8) is 0 Å². The Labute approximate surface area is 113 Å². The lowest BCUT2D eigenvalue weighted by atomic mass is 10.1. The molecule has 0 aliphatic carbocycles. The average Bonchev–Trinajstić information content (AvgIpc) is 2.90. The molecule has 0 N–H and O–H groups in total. The maximum Gasteiger partial charge on any atom is 0.253 e. The minimum atomic E-state index is -0.0365. The van der Waals surface area contributed by atoms with E-state index in [4.69, 9.17) is 4.74 Å². The molecule has 1 aliphatic rings. The molecule has 1 fully saturated rings. The molecule has 102 valence electrons. The lowest BCUT2D eigenvalue weighted by Gasteiger charge is -2.20. The molecule has 2 rings (SSSR count). The van der Waals surface area contributed by atoms with Gasteiger partial charge in [0.15, 0.2) is 5.78 Å². The molecular formula is C15H19NO3. The Morgan fingerprint density at radius 1 is 1.26 bits per heavy atom. The van der Waals surface area contributed by atoms with Crippen LogP contribution < -0.4 is 0 Å². The monoisotopic (exact) mass is 261 g/mol. The van der Waals surface area contributed by atoms with E-state index in [1.54, 1.807) is 36.2 Å². The molecule has 0 aromatic heterocycles. The van der Waals surface area contributed by atoms with Gasteiger partial charge in [0.1, 0.15) is 0 Å². The van der Waals surface area contributed by atoms with Crippen LogP contribution in [0.3, 0.4) is 0 Å². The van der Waals surface area contributed by atoms with Crippen LogP contribution in [-0.4, -0.2) is 42.9 Å². The summed E-state index contributed by atoms with van der Waals surface area (Å²) < 4.78 is 5.52. The van der Waals surface area contributed by atoms with E-state index in [0.717, 1.165) is 19.4 Å². The molecule has 1 heterocycles. The van der Waals surface area contributed by atoms with Crippen LogP contribution in [0.1, 0.15) is 40.5 Å². The Morgan fingerprint density at radius 3 is 2.42 bits per heavy atom. The summed E-state index contributed by atoms with van der Waals surface area (Å²) in [5, 5.41) is 0. The largest absolute Gasteiger partial charge is 0.376 e. The quantitative estimate of drug-likeness (QED) is 0.780. The van der Waals surface area contributed by atoms with E-state index in [9.17, 15) is 9.59 Å². The van der Waals surface area contributed by atoms with E-state index in [1.165, 1.54) is 6.92 Å². The summed E-state index contributed by atoms with van der Waals surface area (Å²) in [6, 6.07) is 6.78. The fraction of sp³-hybridized carbons (Fsp3) is 0.467. The number of ketones is 1. The molecule has 1 amide bonds. The van der Waals surface area contributed by atoms with Crippen molar-refractivity contribution >= 4 is 11.7 Å².